The van der Waals surface area contributed by atoms with Crippen LogP contribution in [0.2, 0.25) is 0 Å². The van der Waals surface area contributed by atoms with Gasteiger partial charge in [-0.05, 0) is 36.5 Å². The van der Waals surface area contributed by atoms with Crippen LogP contribution in [0.5, 0.6) is 5.75 Å². The van der Waals surface area contributed by atoms with Gasteiger partial charge in [0.15, 0.2) is 9.84 Å². The lowest BCUT2D eigenvalue weighted by Crippen LogP contribution is -2.43. The zero-order valence-corrected chi connectivity index (χ0v) is 13.1. The highest BCUT2D eigenvalue weighted by Crippen LogP contribution is 2.24. The Morgan fingerprint density at radius 1 is 1.38 bits per heavy atom. The minimum Gasteiger partial charge on any atom is -0.507 e. The topological polar surface area (TPSA) is 83.5 Å². The van der Waals surface area contributed by atoms with Crippen molar-refractivity contribution < 1.29 is 18.3 Å². The van der Waals surface area contributed by atoms with Crippen LogP contribution >= 0.6 is 0 Å². The van der Waals surface area contributed by atoms with E-state index in [9.17, 15) is 18.3 Å². The Morgan fingerprint density at radius 2 is 2.10 bits per heavy atom. The fourth-order valence-corrected chi connectivity index (χ4v) is 4.14. The van der Waals surface area contributed by atoms with Gasteiger partial charge in [-0.25, -0.2) is 8.42 Å². The number of benzene rings is 1. The highest BCUT2D eigenvalue weighted by atomic mass is 32.2. The summed E-state index contributed by atoms with van der Waals surface area (Å²) in [4.78, 5) is 12.2. The molecule has 116 valence electrons. The third kappa shape index (κ3) is 3.97. The Labute approximate surface area is 125 Å². The minimum atomic E-state index is -3.07. The Kier molecular flexibility index (Phi) is 4.56. The average molecular weight is 311 g/mol. The minimum absolute atomic E-state index is 0.0242. The van der Waals surface area contributed by atoms with Gasteiger partial charge in [-0.2, -0.15) is 0 Å². The maximum Gasteiger partial charge on any atom is 0.255 e. The second-order valence-electron chi connectivity index (χ2n) is 5.86. The summed E-state index contributed by atoms with van der Waals surface area (Å²) in [5.74, 6) is -0.0733. The first-order chi connectivity index (χ1) is 9.78. The van der Waals surface area contributed by atoms with Crippen LogP contribution in [0.15, 0.2) is 18.2 Å². The quantitative estimate of drug-likeness (QED) is 0.892. The number of hydrogen-bond donors (Lipinski definition) is 2. The van der Waals surface area contributed by atoms with Gasteiger partial charge in [0.25, 0.3) is 5.91 Å². The lowest BCUT2D eigenvalue weighted by molar-refractivity contribution is 0.0935. The van der Waals surface area contributed by atoms with E-state index < -0.39 is 15.7 Å². The molecule has 1 saturated heterocycles. The van der Waals surface area contributed by atoms with Crippen molar-refractivity contribution in [2.75, 3.05) is 11.5 Å². The summed E-state index contributed by atoms with van der Waals surface area (Å²) in [6.07, 6.45) is 1.21. The molecular formula is C15H21NO4S. The van der Waals surface area contributed by atoms with E-state index in [1.807, 2.05) is 13.8 Å². The summed E-state index contributed by atoms with van der Waals surface area (Å²) in [5, 5.41) is 12.7. The van der Waals surface area contributed by atoms with Crippen molar-refractivity contribution in [1.29, 1.82) is 0 Å². The van der Waals surface area contributed by atoms with E-state index in [2.05, 4.69) is 5.32 Å². The van der Waals surface area contributed by atoms with Gasteiger partial charge < -0.3 is 10.4 Å². The number of aromatic hydroxyl groups is 1. The van der Waals surface area contributed by atoms with Crippen molar-refractivity contribution in [3.8, 4) is 5.75 Å². The van der Waals surface area contributed by atoms with E-state index in [4.69, 9.17) is 0 Å². The molecule has 0 aromatic heterocycles. The summed E-state index contributed by atoms with van der Waals surface area (Å²) < 4.78 is 23.1. The molecule has 0 unspecified atom stereocenters. The predicted octanol–water partition coefficient (Wildman–Crippen LogP) is 1.82. The first-order valence-corrected chi connectivity index (χ1v) is 8.95. The van der Waals surface area contributed by atoms with Crippen LogP contribution in [0.1, 0.15) is 48.5 Å². The van der Waals surface area contributed by atoms with Crippen LogP contribution in [0.3, 0.4) is 0 Å². The molecule has 1 fully saturated rings. The second kappa shape index (κ2) is 6.05. The zero-order valence-electron chi connectivity index (χ0n) is 12.3. The molecule has 5 nitrogen and oxygen atoms in total. The van der Waals surface area contributed by atoms with E-state index >= 15 is 0 Å². The lowest BCUT2D eigenvalue weighted by atomic mass is 10.0. The average Bonchev–Trinajstić information content (AvgIpc) is 2.36. The van der Waals surface area contributed by atoms with Crippen LogP contribution in [-0.2, 0) is 9.84 Å². The maximum atomic E-state index is 12.2. The zero-order chi connectivity index (χ0) is 15.6. The molecule has 1 aliphatic heterocycles. The molecule has 2 N–H and O–H groups in total. The number of carbonyl (C=O) groups excluding carboxylic acids is 1. The third-order valence-corrected chi connectivity index (χ3v) is 5.55. The molecule has 1 amide bonds. The predicted molar refractivity (Wildman–Crippen MR) is 81.3 cm³/mol. The molecule has 6 heteroatoms. The van der Waals surface area contributed by atoms with E-state index in [0.717, 1.165) is 5.56 Å². The van der Waals surface area contributed by atoms with Gasteiger partial charge in [-0.15, -0.1) is 0 Å². The van der Waals surface area contributed by atoms with Gasteiger partial charge in [0.2, 0.25) is 0 Å². The Bertz CT molecular complexity index is 637. The number of carbonyl (C=O) groups is 1. The smallest absolute Gasteiger partial charge is 0.255 e. The summed E-state index contributed by atoms with van der Waals surface area (Å²) >= 11 is 0. The van der Waals surface area contributed by atoms with Crippen LogP contribution in [-0.4, -0.2) is 37.0 Å². The maximum absolute atomic E-state index is 12.2. The fraction of sp³-hybridized carbons (Fsp3) is 0.533. The molecule has 0 aliphatic carbocycles. The van der Waals surface area contributed by atoms with Gasteiger partial charge in [0.05, 0.1) is 17.1 Å². The standard InChI is InChI=1S/C15H21NO4S/c1-10(2)11-5-6-13(14(17)8-11)15(18)16-12-4-3-7-21(19,20)9-12/h5-6,8,10,12,17H,3-4,7,9H2,1-2H3,(H,16,18)/t12-/m0/s1. The number of sulfone groups is 1. The molecule has 1 atom stereocenters. The number of hydrogen-bond acceptors (Lipinski definition) is 4. The molecule has 0 bridgehead atoms. The van der Waals surface area contributed by atoms with E-state index in [-0.39, 0.29) is 34.8 Å². The van der Waals surface area contributed by atoms with Crippen molar-refractivity contribution in [3.05, 3.63) is 29.3 Å². The van der Waals surface area contributed by atoms with E-state index in [0.29, 0.717) is 12.8 Å². The number of phenolic OH excluding ortho intramolecular Hbond substituents is 1. The number of nitrogens with one attached hydrogen (secondary N) is 1. The molecule has 0 saturated carbocycles. The first kappa shape index (κ1) is 15.8. The largest absolute Gasteiger partial charge is 0.507 e. The second-order valence-corrected chi connectivity index (χ2v) is 8.09. The highest BCUT2D eigenvalue weighted by molar-refractivity contribution is 7.91. The molecule has 2 rings (SSSR count). The molecule has 1 aromatic rings. The van der Waals surface area contributed by atoms with Crippen molar-refractivity contribution in [2.45, 2.75) is 38.6 Å². The Balaban J connectivity index is 2.10. The van der Waals surface area contributed by atoms with Crippen molar-refractivity contribution in [3.63, 3.8) is 0 Å². The molecule has 21 heavy (non-hydrogen) atoms. The van der Waals surface area contributed by atoms with Crippen LogP contribution in [0, 0.1) is 0 Å². The van der Waals surface area contributed by atoms with Crippen LogP contribution in [0.4, 0.5) is 0 Å². The van der Waals surface area contributed by atoms with Crippen molar-refractivity contribution >= 4 is 15.7 Å². The third-order valence-electron chi connectivity index (χ3n) is 3.73. The van der Waals surface area contributed by atoms with E-state index in [1.54, 1.807) is 18.2 Å². The molecule has 1 aliphatic rings. The van der Waals surface area contributed by atoms with Crippen LogP contribution in [0.25, 0.3) is 0 Å². The Morgan fingerprint density at radius 3 is 2.67 bits per heavy atom. The van der Waals surface area contributed by atoms with Crippen molar-refractivity contribution in [1.82, 2.24) is 5.32 Å². The number of rotatable bonds is 3. The SMILES string of the molecule is CC(C)c1ccc(C(=O)N[C@H]2CCCS(=O)(=O)C2)c(O)c1. The molecule has 0 spiro atoms. The molecule has 0 radical (unpaired) electrons. The van der Waals surface area contributed by atoms with Gasteiger partial charge in [0, 0.05) is 6.04 Å². The molecule has 1 heterocycles. The highest BCUT2D eigenvalue weighted by Gasteiger charge is 2.26. The van der Waals surface area contributed by atoms with Crippen LogP contribution < -0.4 is 5.32 Å². The normalized spacial score (nSPS) is 21.2. The van der Waals surface area contributed by atoms with Gasteiger partial charge in [0.1, 0.15) is 5.75 Å². The number of amides is 1. The molecule has 1 aromatic carbocycles. The molecular weight excluding hydrogens is 290 g/mol. The lowest BCUT2D eigenvalue weighted by Gasteiger charge is -2.23. The summed E-state index contributed by atoms with van der Waals surface area (Å²) in [6, 6.07) is 4.59. The summed E-state index contributed by atoms with van der Waals surface area (Å²) in [6.45, 7) is 4.00. The summed E-state index contributed by atoms with van der Waals surface area (Å²) in [7, 11) is -3.07. The first-order valence-electron chi connectivity index (χ1n) is 7.12. The Hall–Kier alpha value is -1.56. The van der Waals surface area contributed by atoms with Crippen molar-refractivity contribution in [2.24, 2.45) is 0 Å². The van der Waals surface area contributed by atoms with E-state index in [1.165, 1.54) is 0 Å². The fourth-order valence-electron chi connectivity index (χ4n) is 2.50. The monoisotopic (exact) mass is 311 g/mol. The van der Waals surface area contributed by atoms with Gasteiger partial charge >= 0.3 is 0 Å². The number of phenols is 1. The summed E-state index contributed by atoms with van der Waals surface area (Å²) in [5.41, 5.74) is 1.13. The van der Waals surface area contributed by atoms with Gasteiger partial charge in [-0.3, -0.25) is 4.79 Å². The van der Waals surface area contributed by atoms with Gasteiger partial charge in [-0.1, -0.05) is 19.9 Å².